The van der Waals surface area contributed by atoms with Crippen molar-refractivity contribution in [2.45, 2.75) is 20.1 Å². The standard InChI is InChI=1S/C26H28FN9O5/c1-2-39-22-13-17(7-8-21(22)40-16-18-5-3-4-6-19(18)27)14-29-31-26(37)23-20(15-35-9-11-38-12-10-35)30-34-36(23)25-24(28)32-41-33-25/h3-8,13-14H,2,9-12,15-16H2,1H3,(H2,28,32)(H,31,37)/b29-14+. The second-order valence-electron chi connectivity index (χ2n) is 8.88. The van der Waals surface area contributed by atoms with Crippen LogP contribution in [0.5, 0.6) is 11.5 Å². The van der Waals surface area contributed by atoms with Crippen molar-refractivity contribution < 1.29 is 28.0 Å². The van der Waals surface area contributed by atoms with Gasteiger partial charge in [0.2, 0.25) is 11.6 Å². The molecule has 4 aromatic rings. The Morgan fingerprint density at radius 2 is 2.00 bits per heavy atom. The van der Waals surface area contributed by atoms with E-state index in [1.165, 1.54) is 17.0 Å². The Morgan fingerprint density at radius 1 is 1.17 bits per heavy atom. The molecule has 14 nitrogen and oxygen atoms in total. The molecule has 2 aromatic carbocycles. The van der Waals surface area contributed by atoms with Crippen molar-refractivity contribution in [1.82, 2.24) is 35.6 Å². The van der Waals surface area contributed by atoms with Crippen LogP contribution in [-0.4, -0.2) is 75.2 Å². The van der Waals surface area contributed by atoms with Crippen molar-refractivity contribution in [2.75, 3.05) is 38.6 Å². The zero-order valence-corrected chi connectivity index (χ0v) is 22.2. The van der Waals surface area contributed by atoms with Crippen LogP contribution < -0.4 is 20.6 Å². The lowest BCUT2D eigenvalue weighted by molar-refractivity contribution is 0.0335. The van der Waals surface area contributed by atoms with Crippen LogP contribution in [0.25, 0.3) is 5.82 Å². The van der Waals surface area contributed by atoms with Crippen molar-refractivity contribution in [2.24, 2.45) is 5.10 Å². The highest BCUT2D eigenvalue weighted by Gasteiger charge is 2.26. The zero-order valence-electron chi connectivity index (χ0n) is 22.2. The van der Waals surface area contributed by atoms with Crippen molar-refractivity contribution in [3.05, 3.63) is 70.8 Å². The van der Waals surface area contributed by atoms with Gasteiger partial charge in [0.15, 0.2) is 17.2 Å². The molecule has 0 bridgehead atoms. The molecule has 0 aliphatic carbocycles. The predicted molar refractivity (Wildman–Crippen MR) is 143 cm³/mol. The number of nitrogen functional groups attached to an aromatic ring is 1. The second kappa shape index (κ2) is 13.0. The van der Waals surface area contributed by atoms with Crippen molar-refractivity contribution >= 4 is 17.9 Å². The van der Waals surface area contributed by atoms with Crippen LogP contribution in [0.4, 0.5) is 10.2 Å². The smallest absolute Gasteiger partial charge is 0.292 e. The fraction of sp³-hybridized carbons (Fsp3) is 0.308. The molecule has 3 heterocycles. The highest BCUT2D eigenvalue weighted by atomic mass is 19.1. The Kier molecular flexibility index (Phi) is 8.76. The molecule has 41 heavy (non-hydrogen) atoms. The Balaban J connectivity index is 1.31. The number of anilines is 1. The number of ether oxygens (including phenoxy) is 3. The summed E-state index contributed by atoms with van der Waals surface area (Å²) in [6, 6.07) is 11.5. The maximum Gasteiger partial charge on any atom is 0.292 e. The first-order valence-electron chi connectivity index (χ1n) is 12.8. The van der Waals surface area contributed by atoms with Gasteiger partial charge in [-0.25, -0.2) is 14.4 Å². The maximum atomic E-state index is 14.0. The lowest BCUT2D eigenvalue weighted by Crippen LogP contribution is -2.36. The molecule has 1 saturated heterocycles. The van der Waals surface area contributed by atoms with Gasteiger partial charge >= 0.3 is 0 Å². The number of hydrogen-bond donors (Lipinski definition) is 2. The molecule has 0 saturated carbocycles. The SMILES string of the molecule is CCOc1cc(/C=N/NC(=O)c2c(CN3CCOCC3)nnn2-c2nonc2N)ccc1OCc1ccccc1F. The first-order valence-corrected chi connectivity index (χ1v) is 12.8. The number of hydrogen-bond acceptors (Lipinski definition) is 12. The number of morpholine rings is 1. The third-order valence-corrected chi connectivity index (χ3v) is 6.12. The number of hydrazone groups is 1. The number of nitrogens with one attached hydrogen (secondary N) is 1. The summed E-state index contributed by atoms with van der Waals surface area (Å²) in [5.41, 5.74) is 9.88. The van der Waals surface area contributed by atoms with Crippen LogP contribution >= 0.6 is 0 Å². The summed E-state index contributed by atoms with van der Waals surface area (Å²) in [6.07, 6.45) is 1.45. The Morgan fingerprint density at radius 3 is 2.76 bits per heavy atom. The number of benzene rings is 2. The minimum absolute atomic E-state index is 0.0344. The lowest BCUT2D eigenvalue weighted by atomic mass is 10.2. The maximum absolute atomic E-state index is 14.0. The third-order valence-electron chi connectivity index (χ3n) is 6.12. The van der Waals surface area contributed by atoms with Crippen LogP contribution in [0.2, 0.25) is 0 Å². The molecule has 1 amide bonds. The summed E-state index contributed by atoms with van der Waals surface area (Å²) in [7, 11) is 0. The molecular weight excluding hydrogens is 537 g/mol. The summed E-state index contributed by atoms with van der Waals surface area (Å²) < 4.78 is 36.7. The fourth-order valence-electron chi connectivity index (χ4n) is 4.09. The number of nitrogens with zero attached hydrogens (tertiary/aromatic N) is 7. The number of carbonyl (C=O) groups excluding carboxylic acids is 1. The van der Waals surface area contributed by atoms with E-state index in [-0.39, 0.29) is 29.8 Å². The van der Waals surface area contributed by atoms with E-state index in [0.717, 1.165) is 0 Å². The third kappa shape index (κ3) is 6.64. The van der Waals surface area contributed by atoms with Crippen LogP contribution in [0.3, 0.4) is 0 Å². The van der Waals surface area contributed by atoms with E-state index in [4.69, 9.17) is 19.9 Å². The van der Waals surface area contributed by atoms with Gasteiger partial charge in [-0.05, 0) is 47.1 Å². The second-order valence-corrected chi connectivity index (χ2v) is 8.88. The summed E-state index contributed by atoms with van der Waals surface area (Å²) in [6.45, 7) is 5.14. The number of carbonyl (C=O) groups is 1. The van der Waals surface area contributed by atoms with E-state index in [1.807, 2.05) is 6.92 Å². The molecule has 15 heteroatoms. The van der Waals surface area contributed by atoms with Gasteiger partial charge in [-0.15, -0.1) is 5.10 Å². The summed E-state index contributed by atoms with van der Waals surface area (Å²) >= 11 is 0. The van der Waals surface area contributed by atoms with Crippen LogP contribution in [0.15, 0.2) is 52.2 Å². The van der Waals surface area contributed by atoms with E-state index in [9.17, 15) is 9.18 Å². The highest BCUT2D eigenvalue weighted by Crippen LogP contribution is 2.29. The van der Waals surface area contributed by atoms with E-state index in [2.05, 4.69) is 40.7 Å². The average Bonchev–Trinajstić information content (AvgIpc) is 3.59. The summed E-state index contributed by atoms with van der Waals surface area (Å²) in [4.78, 5) is 15.4. The van der Waals surface area contributed by atoms with Gasteiger partial charge < -0.3 is 19.9 Å². The van der Waals surface area contributed by atoms with Crippen molar-refractivity contribution in [3.63, 3.8) is 0 Å². The molecule has 3 N–H and O–H groups in total. The van der Waals surface area contributed by atoms with Crippen molar-refractivity contribution in [3.8, 4) is 17.3 Å². The van der Waals surface area contributed by atoms with Crippen molar-refractivity contribution in [1.29, 1.82) is 0 Å². The molecule has 214 valence electrons. The minimum Gasteiger partial charge on any atom is -0.490 e. The normalized spacial score (nSPS) is 13.9. The minimum atomic E-state index is -0.591. The van der Waals surface area contributed by atoms with Gasteiger partial charge in [0.1, 0.15) is 18.1 Å². The number of halogens is 1. The van der Waals surface area contributed by atoms with Gasteiger partial charge in [0, 0.05) is 25.2 Å². The fourth-order valence-corrected chi connectivity index (χ4v) is 4.09. The van der Waals surface area contributed by atoms with Gasteiger partial charge in [-0.3, -0.25) is 9.69 Å². The van der Waals surface area contributed by atoms with E-state index >= 15 is 0 Å². The zero-order chi connectivity index (χ0) is 28.6. The Labute approximate surface area is 233 Å². The first-order chi connectivity index (χ1) is 20.0. The molecule has 0 atom stereocenters. The highest BCUT2D eigenvalue weighted by molar-refractivity contribution is 5.95. The lowest BCUT2D eigenvalue weighted by Gasteiger charge is -2.25. The van der Waals surface area contributed by atoms with E-state index in [0.29, 0.717) is 67.8 Å². The molecule has 1 aliphatic heterocycles. The van der Waals surface area contributed by atoms with Crippen LogP contribution in [-0.2, 0) is 17.9 Å². The average molecular weight is 566 g/mol. The van der Waals surface area contributed by atoms with Gasteiger partial charge in [-0.1, -0.05) is 23.4 Å². The Bertz CT molecular complexity index is 1520. The largest absolute Gasteiger partial charge is 0.490 e. The number of nitrogens with two attached hydrogens (primary N) is 1. The number of rotatable bonds is 11. The quantitative estimate of drug-likeness (QED) is 0.201. The first kappa shape index (κ1) is 27.7. The molecule has 1 fully saturated rings. The molecule has 0 unspecified atom stereocenters. The topological polar surface area (TPSA) is 168 Å². The number of amides is 1. The van der Waals surface area contributed by atoms with Gasteiger partial charge in [0.05, 0.1) is 26.0 Å². The summed E-state index contributed by atoms with van der Waals surface area (Å²) in [5, 5.41) is 19.6. The monoisotopic (exact) mass is 565 g/mol. The van der Waals surface area contributed by atoms with Gasteiger partial charge in [0.25, 0.3) is 5.91 Å². The summed E-state index contributed by atoms with van der Waals surface area (Å²) in [5.74, 6) is -0.0664. The molecule has 1 aliphatic rings. The molecule has 2 aromatic heterocycles. The molecule has 5 rings (SSSR count). The van der Waals surface area contributed by atoms with Crippen LogP contribution in [0.1, 0.15) is 34.2 Å². The predicted octanol–water partition coefficient (Wildman–Crippen LogP) is 1.95. The molecule has 0 radical (unpaired) electrons. The Hall–Kier alpha value is -4.89. The number of aromatic nitrogens is 5. The molecule has 0 spiro atoms. The molecular formula is C26H28FN9O5. The van der Waals surface area contributed by atoms with E-state index in [1.54, 1.807) is 36.4 Å². The van der Waals surface area contributed by atoms with E-state index < -0.39 is 5.91 Å². The van der Waals surface area contributed by atoms with Gasteiger partial charge in [-0.2, -0.15) is 9.78 Å². The van der Waals surface area contributed by atoms with Crippen LogP contribution in [0, 0.1) is 5.82 Å².